The van der Waals surface area contributed by atoms with Gasteiger partial charge in [-0.25, -0.2) is 0 Å². The number of nitrogens with two attached hydrogens (primary N) is 1. The van der Waals surface area contributed by atoms with Gasteiger partial charge in [-0.3, -0.25) is 4.57 Å². The van der Waals surface area contributed by atoms with Crippen molar-refractivity contribution in [1.29, 1.82) is 0 Å². The standard InChI is InChI=1S/C8H16N4O/c1-4-12-7(5-6(2)9)10-11-8(12)13-3/h6H,4-5,9H2,1-3H3. The number of methoxy groups -OCH3 is 1. The quantitative estimate of drug-likeness (QED) is 0.725. The van der Waals surface area contributed by atoms with Crippen LogP contribution in [0.15, 0.2) is 0 Å². The highest BCUT2D eigenvalue weighted by Crippen LogP contribution is 2.10. The van der Waals surface area contributed by atoms with Crippen LogP contribution >= 0.6 is 0 Å². The minimum absolute atomic E-state index is 0.0965. The average Bonchev–Trinajstić information content (AvgIpc) is 2.45. The first-order chi connectivity index (χ1) is 6.19. The van der Waals surface area contributed by atoms with Crippen molar-refractivity contribution < 1.29 is 4.74 Å². The number of hydrogen-bond acceptors (Lipinski definition) is 4. The van der Waals surface area contributed by atoms with Crippen LogP contribution in [-0.4, -0.2) is 27.9 Å². The van der Waals surface area contributed by atoms with E-state index in [0.717, 1.165) is 18.8 Å². The highest BCUT2D eigenvalue weighted by Gasteiger charge is 2.11. The lowest BCUT2D eigenvalue weighted by Gasteiger charge is -2.07. The van der Waals surface area contributed by atoms with Gasteiger partial charge in [0.2, 0.25) is 0 Å². The van der Waals surface area contributed by atoms with Crippen molar-refractivity contribution in [2.24, 2.45) is 5.73 Å². The third-order valence-electron chi connectivity index (χ3n) is 1.80. The Hall–Kier alpha value is -1.10. The lowest BCUT2D eigenvalue weighted by molar-refractivity contribution is 0.356. The molecule has 13 heavy (non-hydrogen) atoms. The van der Waals surface area contributed by atoms with Gasteiger partial charge in [0.25, 0.3) is 0 Å². The van der Waals surface area contributed by atoms with Crippen LogP contribution in [0.25, 0.3) is 0 Å². The Balaban J connectivity index is 2.87. The molecular formula is C8H16N4O. The molecule has 0 bridgehead atoms. The third kappa shape index (κ3) is 2.18. The van der Waals surface area contributed by atoms with Crippen LogP contribution in [0.5, 0.6) is 6.01 Å². The largest absolute Gasteiger partial charge is 0.467 e. The summed E-state index contributed by atoms with van der Waals surface area (Å²) in [6.45, 7) is 4.77. The van der Waals surface area contributed by atoms with Crippen molar-refractivity contribution in [3.8, 4) is 6.01 Å². The molecule has 1 heterocycles. The fourth-order valence-electron chi connectivity index (χ4n) is 1.23. The molecule has 0 aliphatic carbocycles. The van der Waals surface area contributed by atoms with E-state index in [1.54, 1.807) is 7.11 Å². The van der Waals surface area contributed by atoms with E-state index < -0.39 is 0 Å². The van der Waals surface area contributed by atoms with E-state index >= 15 is 0 Å². The van der Waals surface area contributed by atoms with Gasteiger partial charge in [-0.1, -0.05) is 5.10 Å². The van der Waals surface area contributed by atoms with Crippen molar-refractivity contribution in [2.45, 2.75) is 32.9 Å². The summed E-state index contributed by atoms with van der Waals surface area (Å²) in [6, 6.07) is 0.650. The second-order valence-electron chi connectivity index (χ2n) is 3.03. The van der Waals surface area contributed by atoms with Crippen molar-refractivity contribution in [3.63, 3.8) is 0 Å². The lowest BCUT2D eigenvalue weighted by Crippen LogP contribution is -2.20. The van der Waals surface area contributed by atoms with Crippen LogP contribution in [0.2, 0.25) is 0 Å². The van der Waals surface area contributed by atoms with Crippen LogP contribution in [0.1, 0.15) is 19.7 Å². The molecule has 0 saturated heterocycles. The molecule has 1 unspecified atom stereocenters. The Morgan fingerprint density at radius 1 is 1.54 bits per heavy atom. The van der Waals surface area contributed by atoms with Gasteiger partial charge in [-0.15, -0.1) is 5.10 Å². The van der Waals surface area contributed by atoms with Crippen molar-refractivity contribution in [1.82, 2.24) is 14.8 Å². The van der Waals surface area contributed by atoms with Crippen LogP contribution < -0.4 is 10.5 Å². The second kappa shape index (κ2) is 4.23. The highest BCUT2D eigenvalue weighted by molar-refractivity contribution is 5.01. The molecular weight excluding hydrogens is 168 g/mol. The summed E-state index contributed by atoms with van der Waals surface area (Å²) in [5.74, 6) is 0.884. The Labute approximate surface area is 77.9 Å². The van der Waals surface area contributed by atoms with E-state index in [-0.39, 0.29) is 6.04 Å². The van der Waals surface area contributed by atoms with Crippen molar-refractivity contribution >= 4 is 0 Å². The van der Waals surface area contributed by atoms with Gasteiger partial charge in [0.05, 0.1) is 7.11 Å². The van der Waals surface area contributed by atoms with Gasteiger partial charge in [0, 0.05) is 19.0 Å². The SMILES string of the molecule is CCn1c(CC(C)N)nnc1OC. The molecule has 0 aliphatic heterocycles. The predicted molar refractivity (Wildman–Crippen MR) is 49.6 cm³/mol. The normalized spacial score (nSPS) is 12.9. The maximum absolute atomic E-state index is 5.68. The van der Waals surface area contributed by atoms with E-state index in [0.29, 0.717) is 6.01 Å². The van der Waals surface area contributed by atoms with Gasteiger partial charge in [-0.05, 0) is 13.8 Å². The smallest absolute Gasteiger partial charge is 0.316 e. The number of rotatable bonds is 4. The topological polar surface area (TPSA) is 66.0 Å². The zero-order valence-electron chi connectivity index (χ0n) is 8.32. The molecule has 0 spiro atoms. The van der Waals surface area contributed by atoms with Gasteiger partial charge >= 0.3 is 6.01 Å². The summed E-state index contributed by atoms with van der Waals surface area (Å²) in [7, 11) is 1.59. The molecule has 1 atom stereocenters. The number of ether oxygens (including phenoxy) is 1. The van der Waals surface area contributed by atoms with Gasteiger partial charge in [-0.2, -0.15) is 0 Å². The Kier molecular flexibility index (Phi) is 3.25. The molecule has 1 aromatic rings. The maximum atomic E-state index is 5.68. The molecule has 0 aliphatic rings. The van der Waals surface area contributed by atoms with E-state index in [4.69, 9.17) is 10.5 Å². The number of nitrogens with zero attached hydrogens (tertiary/aromatic N) is 3. The average molecular weight is 184 g/mol. The summed E-state index contributed by atoms with van der Waals surface area (Å²) in [4.78, 5) is 0. The number of aromatic nitrogens is 3. The van der Waals surface area contributed by atoms with Crippen LogP contribution in [-0.2, 0) is 13.0 Å². The Morgan fingerprint density at radius 2 is 2.23 bits per heavy atom. The molecule has 0 radical (unpaired) electrons. The summed E-state index contributed by atoms with van der Waals surface area (Å²) in [6.07, 6.45) is 0.726. The molecule has 74 valence electrons. The van der Waals surface area contributed by atoms with Gasteiger partial charge in [0.1, 0.15) is 5.82 Å². The van der Waals surface area contributed by atoms with Gasteiger partial charge < -0.3 is 10.5 Å². The first kappa shape index (κ1) is 9.98. The summed E-state index contributed by atoms with van der Waals surface area (Å²) < 4.78 is 6.97. The second-order valence-corrected chi connectivity index (χ2v) is 3.03. The number of hydrogen-bond donors (Lipinski definition) is 1. The van der Waals surface area contributed by atoms with E-state index in [1.807, 2.05) is 18.4 Å². The van der Waals surface area contributed by atoms with Crippen LogP contribution in [0.3, 0.4) is 0 Å². The zero-order valence-corrected chi connectivity index (χ0v) is 8.32. The molecule has 0 amide bonds. The highest BCUT2D eigenvalue weighted by atomic mass is 16.5. The lowest BCUT2D eigenvalue weighted by atomic mass is 10.2. The zero-order chi connectivity index (χ0) is 9.84. The minimum Gasteiger partial charge on any atom is -0.467 e. The van der Waals surface area contributed by atoms with E-state index in [1.165, 1.54) is 0 Å². The maximum Gasteiger partial charge on any atom is 0.316 e. The molecule has 0 saturated carbocycles. The van der Waals surface area contributed by atoms with E-state index in [2.05, 4.69) is 10.2 Å². The van der Waals surface area contributed by atoms with Crippen LogP contribution in [0, 0.1) is 0 Å². The third-order valence-corrected chi connectivity index (χ3v) is 1.80. The first-order valence-electron chi connectivity index (χ1n) is 4.40. The molecule has 1 aromatic heterocycles. The minimum atomic E-state index is 0.0965. The molecule has 0 aromatic carbocycles. The first-order valence-corrected chi connectivity index (χ1v) is 4.40. The van der Waals surface area contributed by atoms with Gasteiger partial charge in [0.15, 0.2) is 0 Å². The van der Waals surface area contributed by atoms with Crippen LogP contribution in [0.4, 0.5) is 0 Å². The summed E-state index contributed by atoms with van der Waals surface area (Å²) in [5.41, 5.74) is 5.68. The Morgan fingerprint density at radius 3 is 2.69 bits per heavy atom. The van der Waals surface area contributed by atoms with E-state index in [9.17, 15) is 0 Å². The van der Waals surface area contributed by atoms with Crippen molar-refractivity contribution in [2.75, 3.05) is 7.11 Å². The Bertz CT molecular complexity index is 269. The fourth-order valence-corrected chi connectivity index (χ4v) is 1.23. The fraction of sp³-hybridized carbons (Fsp3) is 0.750. The monoisotopic (exact) mass is 184 g/mol. The molecule has 5 heteroatoms. The molecule has 1 rings (SSSR count). The molecule has 0 fully saturated rings. The molecule has 2 N–H and O–H groups in total. The summed E-state index contributed by atoms with van der Waals surface area (Å²) in [5, 5.41) is 7.90. The van der Waals surface area contributed by atoms with Crippen molar-refractivity contribution in [3.05, 3.63) is 5.82 Å². The summed E-state index contributed by atoms with van der Waals surface area (Å²) >= 11 is 0. The predicted octanol–water partition coefficient (Wildman–Crippen LogP) is 0.196. The molecule has 5 nitrogen and oxygen atoms in total.